The van der Waals surface area contributed by atoms with E-state index in [1.54, 1.807) is 0 Å². The van der Waals surface area contributed by atoms with E-state index in [-0.39, 0.29) is 0 Å². The lowest BCUT2D eigenvalue weighted by Crippen LogP contribution is -2.27. The first-order valence-electron chi connectivity index (χ1n) is 6.80. The summed E-state index contributed by atoms with van der Waals surface area (Å²) in [6.07, 6.45) is 1.13. The predicted octanol–water partition coefficient (Wildman–Crippen LogP) is 1.51. The molecule has 0 radical (unpaired) electrons. The van der Waals surface area contributed by atoms with E-state index >= 15 is 0 Å². The molecule has 1 aromatic heterocycles. The van der Waals surface area contributed by atoms with Crippen LogP contribution < -0.4 is 5.32 Å². The second-order valence-electron chi connectivity index (χ2n) is 5.41. The minimum absolute atomic E-state index is 0.439. The quantitative estimate of drug-likeness (QED) is 0.882. The van der Waals surface area contributed by atoms with Gasteiger partial charge in [-0.15, -0.1) is 5.10 Å². The molecule has 0 fully saturated rings. The van der Waals surface area contributed by atoms with Crippen LogP contribution in [-0.4, -0.2) is 26.2 Å². The highest BCUT2D eigenvalue weighted by atomic mass is 15.5. The summed E-state index contributed by atoms with van der Waals surface area (Å²) in [5.74, 6) is 1.47. The molecule has 0 saturated heterocycles. The summed E-state index contributed by atoms with van der Waals surface area (Å²) in [4.78, 5) is 0. The van der Waals surface area contributed by atoms with Crippen LogP contribution in [0.1, 0.15) is 36.7 Å². The molecule has 100 valence electrons. The summed E-state index contributed by atoms with van der Waals surface area (Å²) in [5.41, 5.74) is 2.91. The molecule has 2 aromatic rings. The highest BCUT2D eigenvalue weighted by molar-refractivity contribution is 5.39. The summed E-state index contributed by atoms with van der Waals surface area (Å²) < 4.78 is 1.93. The third-order valence-corrected chi connectivity index (χ3v) is 3.63. The Morgan fingerprint density at radius 1 is 1.37 bits per heavy atom. The zero-order valence-electron chi connectivity index (χ0n) is 11.4. The van der Waals surface area contributed by atoms with Gasteiger partial charge in [0.25, 0.3) is 0 Å². The molecule has 1 aromatic carbocycles. The monoisotopic (exact) mass is 257 g/mol. The van der Waals surface area contributed by atoms with E-state index < -0.39 is 0 Å². The molecule has 0 amide bonds. The summed E-state index contributed by atoms with van der Waals surface area (Å²) >= 11 is 0. The van der Waals surface area contributed by atoms with Crippen LogP contribution in [0.15, 0.2) is 24.3 Å². The Kier molecular flexibility index (Phi) is 3.29. The van der Waals surface area contributed by atoms with Gasteiger partial charge in [-0.2, -0.15) is 0 Å². The fourth-order valence-corrected chi connectivity index (χ4v) is 2.52. The summed E-state index contributed by atoms with van der Waals surface area (Å²) in [7, 11) is 0. The molecule has 1 aliphatic carbocycles. The van der Waals surface area contributed by atoms with E-state index in [1.165, 1.54) is 11.1 Å². The first-order chi connectivity index (χ1) is 9.24. The number of rotatable bonds is 5. The maximum absolute atomic E-state index is 4.10. The lowest BCUT2D eigenvalue weighted by molar-refractivity contribution is 0.442. The molecule has 1 aliphatic rings. The van der Waals surface area contributed by atoms with E-state index in [0.29, 0.717) is 12.0 Å². The van der Waals surface area contributed by atoms with Crippen molar-refractivity contribution in [3.05, 3.63) is 41.2 Å². The lowest BCUT2D eigenvalue weighted by atomic mass is 9.78. The van der Waals surface area contributed by atoms with E-state index in [1.807, 2.05) is 4.68 Å². The number of fused-ring (bicyclic) bond motifs is 1. The first-order valence-corrected chi connectivity index (χ1v) is 6.80. The Morgan fingerprint density at radius 3 is 3.00 bits per heavy atom. The predicted molar refractivity (Wildman–Crippen MR) is 72.7 cm³/mol. The second-order valence-corrected chi connectivity index (χ2v) is 5.41. The number of nitrogens with zero attached hydrogens (tertiary/aromatic N) is 4. The molecule has 5 nitrogen and oxygen atoms in total. The van der Waals surface area contributed by atoms with Gasteiger partial charge in [-0.1, -0.05) is 38.1 Å². The third kappa shape index (κ3) is 2.51. The van der Waals surface area contributed by atoms with Gasteiger partial charge in [-0.25, -0.2) is 4.68 Å². The van der Waals surface area contributed by atoms with Crippen molar-refractivity contribution in [1.29, 1.82) is 0 Å². The summed E-state index contributed by atoms with van der Waals surface area (Å²) in [6, 6.07) is 9.05. The maximum Gasteiger partial charge on any atom is 0.165 e. The van der Waals surface area contributed by atoms with Gasteiger partial charge >= 0.3 is 0 Å². The van der Waals surface area contributed by atoms with Gasteiger partial charge in [0.1, 0.15) is 0 Å². The van der Waals surface area contributed by atoms with Crippen molar-refractivity contribution in [3.8, 4) is 0 Å². The molecule has 1 heterocycles. The Morgan fingerprint density at radius 2 is 2.21 bits per heavy atom. The maximum atomic E-state index is 4.10. The van der Waals surface area contributed by atoms with Gasteiger partial charge < -0.3 is 5.32 Å². The average Bonchev–Trinajstić information content (AvgIpc) is 2.81. The summed E-state index contributed by atoms with van der Waals surface area (Å²) in [5, 5.41) is 15.3. The molecular formula is C14H19N5. The van der Waals surface area contributed by atoms with Crippen molar-refractivity contribution in [2.24, 2.45) is 0 Å². The van der Waals surface area contributed by atoms with Crippen LogP contribution in [0, 0.1) is 0 Å². The Hall–Kier alpha value is -1.75. The molecule has 1 unspecified atom stereocenters. The zero-order valence-corrected chi connectivity index (χ0v) is 11.4. The summed E-state index contributed by atoms with van der Waals surface area (Å²) in [6.45, 7) is 5.84. The largest absolute Gasteiger partial charge is 0.308 e. The Balaban J connectivity index is 1.67. The van der Waals surface area contributed by atoms with Crippen LogP contribution in [0.4, 0.5) is 0 Å². The minimum Gasteiger partial charge on any atom is -0.308 e. The smallest absolute Gasteiger partial charge is 0.165 e. The standard InChI is InChI=1S/C14H19N5/c1-10(2)15-8-14-16-17-18-19(14)9-12-7-11-5-3-4-6-13(11)12/h3-6,10,12,15H,7-9H2,1-2H3. The molecule has 3 rings (SSSR count). The molecule has 19 heavy (non-hydrogen) atoms. The van der Waals surface area contributed by atoms with E-state index in [2.05, 4.69) is 59.0 Å². The van der Waals surface area contributed by atoms with Crippen molar-refractivity contribution < 1.29 is 0 Å². The van der Waals surface area contributed by atoms with Crippen LogP contribution in [0.2, 0.25) is 0 Å². The van der Waals surface area contributed by atoms with Gasteiger partial charge in [0.15, 0.2) is 5.82 Å². The Bertz CT molecular complexity index is 560. The molecule has 1 N–H and O–H groups in total. The van der Waals surface area contributed by atoms with Crippen molar-refractivity contribution in [3.63, 3.8) is 0 Å². The number of hydrogen-bond acceptors (Lipinski definition) is 4. The number of benzene rings is 1. The number of tetrazole rings is 1. The van der Waals surface area contributed by atoms with Crippen LogP contribution in [-0.2, 0) is 19.5 Å². The van der Waals surface area contributed by atoms with Gasteiger partial charge in [0, 0.05) is 12.0 Å². The molecule has 0 spiro atoms. The van der Waals surface area contributed by atoms with Crippen LogP contribution in [0.25, 0.3) is 0 Å². The van der Waals surface area contributed by atoms with Gasteiger partial charge in [0.2, 0.25) is 0 Å². The van der Waals surface area contributed by atoms with E-state index in [0.717, 1.165) is 25.3 Å². The zero-order chi connectivity index (χ0) is 13.2. The third-order valence-electron chi connectivity index (χ3n) is 3.63. The normalized spacial score (nSPS) is 17.3. The number of nitrogens with one attached hydrogen (secondary N) is 1. The Labute approximate surface area is 113 Å². The highest BCUT2D eigenvalue weighted by Gasteiger charge is 2.26. The fourth-order valence-electron chi connectivity index (χ4n) is 2.52. The van der Waals surface area contributed by atoms with E-state index in [9.17, 15) is 0 Å². The van der Waals surface area contributed by atoms with Crippen molar-refractivity contribution in [2.45, 2.75) is 45.3 Å². The van der Waals surface area contributed by atoms with Gasteiger partial charge in [-0.05, 0) is 28.0 Å². The second kappa shape index (κ2) is 5.09. The van der Waals surface area contributed by atoms with Crippen molar-refractivity contribution in [2.75, 3.05) is 0 Å². The number of aromatic nitrogens is 4. The van der Waals surface area contributed by atoms with E-state index in [4.69, 9.17) is 0 Å². The van der Waals surface area contributed by atoms with Gasteiger partial charge in [-0.3, -0.25) is 0 Å². The van der Waals surface area contributed by atoms with Crippen LogP contribution in [0.3, 0.4) is 0 Å². The minimum atomic E-state index is 0.439. The van der Waals surface area contributed by atoms with Crippen molar-refractivity contribution in [1.82, 2.24) is 25.5 Å². The highest BCUT2D eigenvalue weighted by Crippen LogP contribution is 2.35. The molecule has 0 aliphatic heterocycles. The molecule has 0 saturated carbocycles. The fraction of sp³-hybridized carbons (Fsp3) is 0.500. The lowest BCUT2D eigenvalue weighted by Gasteiger charge is -2.29. The average molecular weight is 257 g/mol. The van der Waals surface area contributed by atoms with Crippen LogP contribution >= 0.6 is 0 Å². The number of hydrogen-bond donors (Lipinski definition) is 1. The topological polar surface area (TPSA) is 55.6 Å². The SMILES string of the molecule is CC(C)NCc1nnnn1CC1Cc2ccccc21. The van der Waals surface area contributed by atoms with Gasteiger partial charge in [0.05, 0.1) is 13.1 Å². The molecule has 5 heteroatoms. The van der Waals surface area contributed by atoms with Crippen LogP contribution in [0.5, 0.6) is 0 Å². The molecular weight excluding hydrogens is 238 g/mol. The first kappa shape index (κ1) is 12.3. The van der Waals surface area contributed by atoms with Crippen molar-refractivity contribution >= 4 is 0 Å². The molecule has 1 atom stereocenters. The molecule has 0 bridgehead atoms.